The zero-order valence-electron chi connectivity index (χ0n) is 18.7. The number of nitrogens with one attached hydrogen (secondary N) is 2. The molecule has 2 N–H and O–H groups in total. The summed E-state index contributed by atoms with van der Waals surface area (Å²) in [7, 11) is -2.87. The number of aryl methyl sites for hydroxylation is 1. The smallest absolute Gasteiger partial charge is 0.340 e. The van der Waals surface area contributed by atoms with Gasteiger partial charge in [-0.05, 0) is 30.7 Å². The highest BCUT2D eigenvalue weighted by molar-refractivity contribution is 7.90. The summed E-state index contributed by atoms with van der Waals surface area (Å²) in [4.78, 5) is 24.4. The fourth-order valence-corrected chi connectivity index (χ4v) is 4.08. The maximum Gasteiger partial charge on any atom is 0.340 e. The Bertz CT molecular complexity index is 1580. The molecule has 0 aliphatic carbocycles. The lowest BCUT2D eigenvalue weighted by Gasteiger charge is -2.17. The molecular weight excluding hydrogens is 484 g/mol. The molecule has 0 spiro atoms. The number of ether oxygens (including phenoxy) is 1. The van der Waals surface area contributed by atoms with Crippen LogP contribution >= 0.6 is 0 Å². The number of fused-ring (bicyclic) bond motifs is 1. The summed E-state index contributed by atoms with van der Waals surface area (Å²) >= 11 is 0. The average Bonchev–Trinajstić information content (AvgIpc) is 2.82. The van der Waals surface area contributed by atoms with Gasteiger partial charge >= 0.3 is 11.6 Å². The van der Waals surface area contributed by atoms with Crippen LogP contribution in [0.3, 0.4) is 0 Å². The quantitative estimate of drug-likeness (QED) is 0.366. The Morgan fingerprint density at radius 1 is 1.11 bits per heavy atom. The van der Waals surface area contributed by atoms with Gasteiger partial charge in [0, 0.05) is 54.1 Å². The molecule has 4 rings (SSSR count). The maximum atomic E-state index is 15.1. The molecular formula is C22H19F2N5O5S. The van der Waals surface area contributed by atoms with Crippen LogP contribution < -0.4 is 19.8 Å². The van der Waals surface area contributed by atoms with E-state index < -0.39 is 39.2 Å². The van der Waals surface area contributed by atoms with Crippen LogP contribution in [0, 0.1) is 18.6 Å². The van der Waals surface area contributed by atoms with Gasteiger partial charge in [0.2, 0.25) is 0 Å². The van der Waals surface area contributed by atoms with E-state index in [1.54, 1.807) is 19.9 Å². The second-order valence-electron chi connectivity index (χ2n) is 7.43. The first-order valence-corrected chi connectivity index (χ1v) is 11.7. The molecule has 35 heavy (non-hydrogen) atoms. The Labute approximate surface area is 198 Å². The van der Waals surface area contributed by atoms with Crippen molar-refractivity contribution in [1.82, 2.24) is 19.7 Å². The van der Waals surface area contributed by atoms with Crippen molar-refractivity contribution in [3.05, 3.63) is 81.6 Å². The summed E-state index contributed by atoms with van der Waals surface area (Å²) in [5.74, 6) is -3.38. The number of rotatable bonds is 7. The Morgan fingerprint density at radius 3 is 2.51 bits per heavy atom. The molecule has 3 heterocycles. The van der Waals surface area contributed by atoms with Crippen LogP contribution in [0.15, 0.2) is 52.1 Å². The lowest BCUT2D eigenvalue weighted by molar-refractivity contribution is 0.410. The largest absolute Gasteiger partial charge is 0.422 e. The van der Waals surface area contributed by atoms with E-state index in [0.717, 1.165) is 13.1 Å². The van der Waals surface area contributed by atoms with E-state index >= 15 is 4.39 Å². The Morgan fingerprint density at radius 2 is 1.83 bits per heavy atom. The van der Waals surface area contributed by atoms with Crippen LogP contribution in [0.4, 0.5) is 14.6 Å². The fourth-order valence-electron chi connectivity index (χ4n) is 3.58. The van der Waals surface area contributed by atoms with Gasteiger partial charge in [0.15, 0.2) is 23.2 Å². The molecule has 0 saturated carbocycles. The first-order chi connectivity index (χ1) is 16.6. The first kappa shape index (κ1) is 24.2. The number of pyridine rings is 1. The minimum atomic E-state index is -4.02. The molecule has 10 nitrogen and oxygen atoms in total. The van der Waals surface area contributed by atoms with Crippen molar-refractivity contribution in [3.63, 3.8) is 0 Å². The van der Waals surface area contributed by atoms with E-state index in [-0.39, 0.29) is 33.9 Å². The van der Waals surface area contributed by atoms with Gasteiger partial charge in [-0.25, -0.2) is 33.2 Å². The van der Waals surface area contributed by atoms with Crippen LogP contribution in [0.1, 0.15) is 29.5 Å². The lowest BCUT2D eigenvalue weighted by Crippen LogP contribution is -2.27. The van der Waals surface area contributed by atoms with Crippen molar-refractivity contribution < 1.29 is 26.4 Å². The topological polar surface area (TPSA) is 136 Å². The van der Waals surface area contributed by atoms with Gasteiger partial charge < -0.3 is 9.15 Å². The van der Waals surface area contributed by atoms with Gasteiger partial charge in [-0.2, -0.15) is 8.42 Å². The minimum Gasteiger partial charge on any atom is -0.422 e. The number of benzene rings is 1. The molecule has 0 radical (unpaired) electrons. The standard InChI is InChI=1S/C22H19F2N5O5S/c1-11(13-5-8-26-20(19(13)24)29-35(31,32)25-3)18-12(2)14-9-15(23)17(10-16(14)33-21(18)30)34-22-27-6-4-7-28-22/h4-11,25H,1-3H3,(H,26,29). The third-order valence-electron chi connectivity index (χ3n) is 5.33. The zero-order chi connectivity index (χ0) is 25.3. The van der Waals surface area contributed by atoms with Crippen molar-refractivity contribution in [3.8, 4) is 11.8 Å². The Balaban J connectivity index is 1.78. The van der Waals surface area contributed by atoms with Crippen LogP contribution in [-0.2, 0) is 10.2 Å². The van der Waals surface area contributed by atoms with Gasteiger partial charge in [0.05, 0.1) is 0 Å². The normalized spacial score (nSPS) is 12.5. The van der Waals surface area contributed by atoms with Crippen molar-refractivity contribution >= 4 is 27.0 Å². The number of nitrogens with zero attached hydrogens (tertiary/aromatic N) is 3. The van der Waals surface area contributed by atoms with E-state index in [9.17, 15) is 17.6 Å². The van der Waals surface area contributed by atoms with E-state index in [2.05, 4.69) is 15.0 Å². The van der Waals surface area contributed by atoms with Crippen molar-refractivity contribution in [1.29, 1.82) is 0 Å². The Hall–Kier alpha value is -3.97. The molecule has 4 aromatic rings. The van der Waals surface area contributed by atoms with E-state index in [4.69, 9.17) is 9.15 Å². The van der Waals surface area contributed by atoms with Crippen molar-refractivity contribution in [2.45, 2.75) is 19.8 Å². The Kier molecular flexibility index (Phi) is 6.45. The summed E-state index contributed by atoms with van der Waals surface area (Å²) in [6, 6.07) is 5.14. The summed E-state index contributed by atoms with van der Waals surface area (Å²) in [6.07, 6.45) is 4.05. The molecule has 0 amide bonds. The molecule has 182 valence electrons. The molecule has 0 fully saturated rings. The SMILES string of the molecule is CNS(=O)(=O)Nc1nccc(C(C)c2c(C)c3cc(F)c(Oc4ncccn4)cc3oc2=O)c1F. The third-order valence-corrected chi connectivity index (χ3v) is 6.33. The number of anilines is 1. The highest BCUT2D eigenvalue weighted by atomic mass is 32.2. The maximum absolute atomic E-state index is 15.1. The third kappa shape index (κ3) is 4.81. The summed E-state index contributed by atoms with van der Waals surface area (Å²) in [5, 5.41) is 0.274. The average molecular weight is 503 g/mol. The van der Waals surface area contributed by atoms with Crippen molar-refractivity contribution in [2.75, 3.05) is 11.8 Å². The van der Waals surface area contributed by atoms with Crippen LogP contribution in [0.25, 0.3) is 11.0 Å². The minimum absolute atomic E-state index is 0.00907. The van der Waals surface area contributed by atoms with E-state index in [0.29, 0.717) is 5.56 Å². The first-order valence-electron chi connectivity index (χ1n) is 10.2. The molecule has 0 aliphatic rings. The number of halogens is 2. The van der Waals surface area contributed by atoms with Crippen LogP contribution in [-0.4, -0.2) is 30.4 Å². The molecule has 1 unspecified atom stereocenters. The van der Waals surface area contributed by atoms with Gasteiger partial charge in [0.25, 0.3) is 10.2 Å². The molecule has 1 atom stereocenters. The van der Waals surface area contributed by atoms with Crippen LogP contribution in [0.2, 0.25) is 0 Å². The second-order valence-corrected chi connectivity index (χ2v) is 9.05. The molecule has 0 aliphatic heterocycles. The molecule has 13 heteroatoms. The van der Waals surface area contributed by atoms with Gasteiger partial charge in [0.1, 0.15) is 5.58 Å². The summed E-state index contributed by atoms with van der Waals surface area (Å²) in [6.45, 7) is 3.12. The molecule has 1 aromatic carbocycles. The zero-order valence-corrected chi connectivity index (χ0v) is 19.5. The van der Waals surface area contributed by atoms with Gasteiger partial charge in [-0.3, -0.25) is 4.72 Å². The molecule has 0 bridgehead atoms. The summed E-state index contributed by atoms with van der Waals surface area (Å²) in [5.41, 5.74) is -0.300. The van der Waals surface area contributed by atoms with Crippen LogP contribution in [0.5, 0.6) is 11.8 Å². The molecule has 0 saturated heterocycles. The number of hydrogen-bond donors (Lipinski definition) is 2. The van der Waals surface area contributed by atoms with Gasteiger partial charge in [-0.1, -0.05) is 6.92 Å². The molecule has 3 aromatic heterocycles. The fraction of sp³-hybridized carbons (Fsp3) is 0.182. The predicted molar refractivity (Wildman–Crippen MR) is 123 cm³/mol. The predicted octanol–water partition coefficient (Wildman–Crippen LogP) is 3.38. The number of aromatic nitrogens is 3. The van der Waals surface area contributed by atoms with Gasteiger partial charge in [-0.15, -0.1) is 0 Å². The van der Waals surface area contributed by atoms with E-state index in [1.165, 1.54) is 30.7 Å². The lowest BCUT2D eigenvalue weighted by atomic mass is 9.90. The monoisotopic (exact) mass is 503 g/mol. The summed E-state index contributed by atoms with van der Waals surface area (Å²) < 4.78 is 68.2. The highest BCUT2D eigenvalue weighted by Crippen LogP contribution is 2.34. The highest BCUT2D eigenvalue weighted by Gasteiger charge is 2.25. The van der Waals surface area contributed by atoms with E-state index in [1.807, 2.05) is 9.44 Å². The van der Waals surface area contributed by atoms with Crippen molar-refractivity contribution in [2.24, 2.45) is 0 Å². The second kappa shape index (κ2) is 9.35. The number of hydrogen-bond acceptors (Lipinski definition) is 8.